The van der Waals surface area contributed by atoms with Crippen LogP contribution >= 0.6 is 0 Å². The minimum absolute atomic E-state index is 0.153. The minimum atomic E-state index is -0.789. The highest BCUT2D eigenvalue weighted by Gasteiger charge is 2.63. The molecule has 1 aromatic heterocycles. The van der Waals surface area contributed by atoms with Gasteiger partial charge in [0.25, 0.3) is 0 Å². The predicted octanol–water partition coefficient (Wildman–Crippen LogP) is 2.70. The van der Waals surface area contributed by atoms with E-state index in [1.165, 1.54) is 24.0 Å². The third kappa shape index (κ3) is 3.22. The van der Waals surface area contributed by atoms with Gasteiger partial charge < -0.3 is 15.1 Å². The van der Waals surface area contributed by atoms with Gasteiger partial charge in [-0.3, -0.25) is 9.58 Å². The van der Waals surface area contributed by atoms with Gasteiger partial charge in [0, 0.05) is 42.9 Å². The number of fused-ring (bicyclic) bond motifs is 1. The Labute approximate surface area is 190 Å². The van der Waals surface area contributed by atoms with Crippen LogP contribution in [-0.2, 0) is 18.4 Å². The first-order valence-electron chi connectivity index (χ1n) is 12.5. The number of hydrogen-bond acceptors (Lipinski definition) is 5. The summed E-state index contributed by atoms with van der Waals surface area (Å²) < 4.78 is 2.02. The largest absolute Gasteiger partial charge is 0.508 e. The molecule has 3 fully saturated rings. The number of phenolic OH excluding ortho intramolecular Hbond substituents is 1. The summed E-state index contributed by atoms with van der Waals surface area (Å²) in [5, 5.41) is 28.0. The van der Waals surface area contributed by atoms with Crippen LogP contribution in [0.25, 0.3) is 0 Å². The van der Waals surface area contributed by atoms with Crippen LogP contribution < -0.4 is 0 Å². The van der Waals surface area contributed by atoms with Crippen LogP contribution in [0.1, 0.15) is 48.8 Å². The Bertz CT molecular complexity index is 1000. The molecule has 0 spiro atoms. The van der Waals surface area contributed by atoms with Crippen LogP contribution in [-0.4, -0.2) is 74.2 Å². The molecule has 3 atom stereocenters. The number of aromatic hydroxyl groups is 1. The second-order valence-electron chi connectivity index (χ2n) is 10.8. The first-order chi connectivity index (χ1) is 15.5. The molecule has 0 amide bonds. The fourth-order valence-corrected chi connectivity index (χ4v) is 7.05. The molecule has 172 valence electrons. The van der Waals surface area contributed by atoms with Crippen LogP contribution in [0.15, 0.2) is 30.6 Å². The molecule has 1 saturated carbocycles. The van der Waals surface area contributed by atoms with Crippen molar-refractivity contribution in [1.82, 2.24) is 19.6 Å². The van der Waals surface area contributed by atoms with Gasteiger partial charge in [-0.2, -0.15) is 5.10 Å². The van der Waals surface area contributed by atoms with Crippen molar-refractivity contribution in [1.29, 1.82) is 0 Å². The van der Waals surface area contributed by atoms with Gasteiger partial charge in [-0.05, 0) is 81.6 Å². The van der Waals surface area contributed by atoms with Gasteiger partial charge >= 0.3 is 0 Å². The highest BCUT2D eigenvalue weighted by molar-refractivity contribution is 5.52. The number of aromatic nitrogens is 2. The molecule has 32 heavy (non-hydrogen) atoms. The molecular weight excluding hydrogens is 400 g/mol. The van der Waals surface area contributed by atoms with Gasteiger partial charge in [-0.15, -0.1) is 0 Å². The van der Waals surface area contributed by atoms with E-state index in [4.69, 9.17) is 0 Å². The lowest BCUT2D eigenvalue weighted by Gasteiger charge is -2.61. The molecular formula is C26H36N4O2. The Hall–Kier alpha value is -1.89. The van der Waals surface area contributed by atoms with Crippen LogP contribution in [0.3, 0.4) is 0 Å². The van der Waals surface area contributed by atoms with E-state index in [1.807, 2.05) is 23.0 Å². The van der Waals surface area contributed by atoms with Gasteiger partial charge in [0.1, 0.15) is 5.75 Å². The first kappa shape index (κ1) is 20.7. The lowest BCUT2D eigenvalue weighted by molar-refractivity contribution is -0.149. The first-order valence-corrected chi connectivity index (χ1v) is 12.5. The number of piperidine rings is 1. The number of hydrogen-bond donors (Lipinski definition) is 2. The number of phenols is 1. The standard InChI is InChI=1S/C26H36N4O2/c1-19-16-27-30(17-19)14-13-28-10-7-25-8-12-29(18-20-5-6-20)23(26(25,32)9-11-28)15-21-3-2-4-22(31)24(21)25/h2-4,16-17,20,23,31-32H,5-15,18H2,1H3/t23-,25+,26-/m1/s1. The molecule has 0 unspecified atom stereocenters. The monoisotopic (exact) mass is 436 g/mol. The summed E-state index contributed by atoms with van der Waals surface area (Å²) in [7, 11) is 0. The highest BCUT2D eigenvalue weighted by Crippen LogP contribution is 2.58. The van der Waals surface area contributed by atoms with Crippen molar-refractivity contribution in [2.75, 3.05) is 32.7 Å². The van der Waals surface area contributed by atoms with E-state index in [2.05, 4.69) is 34.1 Å². The van der Waals surface area contributed by atoms with Gasteiger partial charge in [0.15, 0.2) is 0 Å². The lowest BCUT2D eigenvalue weighted by atomic mass is 9.52. The van der Waals surface area contributed by atoms with E-state index < -0.39 is 5.60 Å². The molecule has 2 saturated heterocycles. The van der Waals surface area contributed by atoms with Crippen molar-refractivity contribution in [3.8, 4) is 5.75 Å². The molecule has 4 aliphatic rings. The molecule has 2 bridgehead atoms. The number of benzene rings is 1. The molecule has 2 aromatic rings. The SMILES string of the molecule is Cc1cnn(CCN2CC[C@]34CCN(CC5CC5)[C@H](Cc5cccc(O)c53)[C@]4(O)CC2)c1. The molecule has 1 aromatic carbocycles. The topological polar surface area (TPSA) is 64.8 Å². The van der Waals surface area contributed by atoms with Gasteiger partial charge in [0.05, 0.1) is 18.3 Å². The molecule has 2 aliphatic carbocycles. The van der Waals surface area contributed by atoms with E-state index in [9.17, 15) is 10.2 Å². The van der Waals surface area contributed by atoms with Crippen molar-refractivity contribution in [2.45, 2.75) is 69.1 Å². The number of nitrogens with zero attached hydrogens (tertiary/aromatic N) is 4. The number of likely N-dealkylation sites (tertiary alicyclic amines) is 2. The maximum Gasteiger partial charge on any atom is 0.119 e. The van der Waals surface area contributed by atoms with Crippen LogP contribution in [0.4, 0.5) is 0 Å². The molecule has 6 heteroatoms. The molecule has 2 aliphatic heterocycles. The fourth-order valence-electron chi connectivity index (χ4n) is 7.05. The lowest BCUT2D eigenvalue weighted by Crippen LogP contribution is -2.71. The zero-order valence-corrected chi connectivity index (χ0v) is 19.2. The summed E-state index contributed by atoms with van der Waals surface area (Å²) in [5.74, 6) is 1.20. The zero-order valence-electron chi connectivity index (χ0n) is 19.2. The second kappa shape index (κ2) is 7.57. The van der Waals surface area contributed by atoms with E-state index in [0.717, 1.165) is 76.4 Å². The molecule has 2 N–H and O–H groups in total. The number of aryl methyl sites for hydroxylation is 1. The Morgan fingerprint density at radius 3 is 2.69 bits per heavy atom. The smallest absolute Gasteiger partial charge is 0.119 e. The maximum absolute atomic E-state index is 12.5. The number of aliphatic hydroxyl groups is 1. The Balaban J connectivity index is 1.32. The predicted molar refractivity (Wildman–Crippen MR) is 124 cm³/mol. The second-order valence-corrected chi connectivity index (χ2v) is 10.8. The summed E-state index contributed by atoms with van der Waals surface area (Å²) in [6, 6.07) is 6.14. The van der Waals surface area contributed by atoms with Gasteiger partial charge in [0.2, 0.25) is 0 Å². The van der Waals surface area contributed by atoms with Crippen molar-refractivity contribution >= 4 is 0 Å². The average molecular weight is 437 g/mol. The maximum atomic E-state index is 12.5. The quantitative estimate of drug-likeness (QED) is 0.755. The summed E-state index contributed by atoms with van der Waals surface area (Å²) >= 11 is 0. The normalized spacial score (nSPS) is 32.9. The molecule has 0 radical (unpaired) electrons. The van der Waals surface area contributed by atoms with Crippen molar-refractivity contribution in [2.24, 2.45) is 5.92 Å². The highest BCUT2D eigenvalue weighted by atomic mass is 16.3. The van der Waals surface area contributed by atoms with Gasteiger partial charge in [-0.25, -0.2) is 0 Å². The fraction of sp³-hybridized carbons (Fsp3) is 0.654. The van der Waals surface area contributed by atoms with Crippen molar-refractivity contribution in [3.63, 3.8) is 0 Å². The van der Waals surface area contributed by atoms with Crippen LogP contribution in [0.5, 0.6) is 5.75 Å². The summed E-state index contributed by atoms with van der Waals surface area (Å²) in [5.41, 5.74) is 2.35. The third-order valence-corrected chi connectivity index (χ3v) is 8.93. The van der Waals surface area contributed by atoms with E-state index in [-0.39, 0.29) is 11.5 Å². The van der Waals surface area contributed by atoms with E-state index in [0.29, 0.717) is 5.75 Å². The van der Waals surface area contributed by atoms with E-state index >= 15 is 0 Å². The Morgan fingerprint density at radius 2 is 1.91 bits per heavy atom. The van der Waals surface area contributed by atoms with Crippen molar-refractivity contribution in [3.05, 3.63) is 47.3 Å². The zero-order chi connectivity index (χ0) is 21.9. The molecule has 6 rings (SSSR count). The Kier molecular flexibility index (Phi) is 4.90. The summed E-state index contributed by atoms with van der Waals surface area (Å²) in [6.07, 6.45) is 10.1. The minimum Gasteiger partial charge on any atom is -0.508 e. The van der Waals surface area contributed by atoms with E-state index in [1.54, 1.807) is 0 Å². The molecule has 3 heterocycles. The molecule has 6 nitrogen and oxygen atoms in total. The van der Waals surface area contributed by atoms with Crippen molar-refractivity contribution < 1.29 is 10.2 Å². The summed E-state index contributed by atoms with van der Waals surface area (Å²) in [4.78, 5) is 5.10. The average Bonchev–Trinajstić information content (AvgIpc) is 3.51. The van der Waals surface area contributed by atoms with Crippen LogP contribution in [0.2, 0.25) is 0 Å². The van der Waals surface area contributed by atoms with Gasteiger partial charge in [-0.1, -0.05) is 12.1 Å². The Morgan fingerprint density at radius 1 is 1.09 bits per heavy atom. The summed E-state index contributed by atoms with van der Waals surface area (Å²) in [6.45, 7) is 7.90. The third-order valence-electron chi connectivity index (χ3n) is 8.93. The number of rotatable bonds is 5. The van der Waals surface area contributed by atoms with Crippen LogP contribution in [0, 0.1) is 12.8 Å².